The zero-order valence-corrected chi connectivity index (χ0v) is 16.0. The van der Waals surface area contributed by atoms with Crippen LogP contribution < -0.4 is 11.2 Å². The molecule has 0 aliphatic heterocycles. The highest BCUT2D eigenvalue weighted by atomic mass is 16.6. The maximum atomic E-state index is 12.4. The lowest BCUT2D eigenvalue weighted by atomic mass is 9.70. The van der Waals surface area contributed by atoms with Crippen molar-refractivity contribution in [2.24, 2.45) is 21.8 Å². The van der Waals surface area contributed by atoms with Crippen LogP contribution >= 0.6 is 0 Å². The van der Waals surface area contributed by atoms with E-state index in [1.165, 1.54) is 24.6 Å². The van der Waals surface area contributed by atoms with Crippen LogP contribution in [0.2, 0.25) is 0 Å². The number of oxazole rings is 1. The lowest BCUT2D eigenvalue weighted by Crippen LogP contribution is -2.35. The molecule has 1 heterocycles. The first-order valence-electron chi connectivity index (χ1n) is 9.27. The molecular weight excluding hydrogens is 364 g/mol. The maximum absolute atomic E-state index is 12.4. The zero-order valence-electron chi connectivity index (χ0n) is 16.0. The van der Waals surface area contributed by atoms with E-state index in [0.29, 0.717) is 11.4 Å². The molecule has 2 aliphatic carbocycles. The monoisotopic (exact) mass is 386 g/mol. The number of nitrogens with one attached hydrogen (secondary N) is 1. The summed E-state index contributed by atoms with van der Waals surface area (Å²) in [6.45, 7) is 6.44. The average molecular weight is 386 g/mol. The predicted octanol–water partition coefficient (Wildman–Crippen LogP) is 2.82. The van der Waals surface area contributed by atoms with Gasteiger partial charge in [-0.1, -0.05) is 20.8 Å². The quantitative estimate of drug-likeness (QED) is 0.640. The van der Waals surface area contributed by atoms with Crippen molar-refractivity contribution in [3.05, 3.63) is 38.9 Å². The van der Waals surface area contributed by atoms with Gasteiger partial charge in [0, 0.05) is 17.2 Å². The Morgan fingerprint density at radius 2 is 2.18 bits per heavy atom. The largest absolute Gasteiger partial charge is 0.420 e. The molecule has 0 spiro atoms. The molecule has 1 aromatic carbocycles. The number of rotatable bonds is 4. The minimum absolute atomic E-state index is 0.0247. The summed E-state index contributed by atoms with van der Waals surface area (Å²) in [6, 6.07) is 3.84. The molecule has 2 aromatic rings. The summed E-state index contributed by atoms with van der Waals surface area (Å²) in [5.41, 5.74) is 3.92. The topological polar surface area (TPSA) is 120 Å². The summed E-state index contributed by atoms with van der Waals surface area (Å²) >= 11 is 0. The second-order valence-electron chi connectivity index (χ2n) is 8.45. The number of aromatic nitrogens is 1. The van der Waals surface area contributed by atoms with Crippen molar-refractivity contribution in [3.63, 3.8) is 0 Å². The van der Waals surface area contributed by atoms with Gasteiger partial charge in [-0.05, 0) is 36.7 Å². The summed E-state index contributed by atoms with van der Waals surface area (Å²) in [4.78, 5) is 34.7. The van der Waals surface area contributed by atoms with Gasteiger partial charge in [0.2, 0.25) is 0 Å². The van der Waals surface area contributed by atoms with E-state index < -0.39 is 16.6 Å². The van der Waals surface area contributed by atoms with Crippen molar-refractivity contribution >= 4 is 28.4 Å². The van der Waals surface area contributed by atoms with Gasteiger partial charge in [0.15, 0.2) is 5.58 Å². The summed E-state index contributed by atoms with van der Waals surface area (Å²) in [7, 11) is 0. The lowest BCUT2D eigenvalue weighted by Gasteiger charge is -2.34. The third-order valence-corrected chi connectivity index (χ3v) is 6.99. The number of nitrogens with zero attached hydrogens (tertiary/aromatic N) is 3. The Labute approximate surface area is 160 Å². The van der Waals surface area contributed by atoms with E-state index in [2.05, 4.69) is 31.3 Å². The van der Waals surface area contributed by atoms with Crippen LogP contribution in [0.1, 0.15) is 40.0 Å². The smallest absolute Gasteiger partial charge is 0.407 e. The summed E-state index contributed by atoms with van der Waals surface area (Å²) in [5.74, 6) is -0.615. The first kappa shape index (κ1) is 18.4. The van der Waals surface area contributed by atoms with Gasteiger partial charge in [0.25, 0.3) is 11.6 Å². The normalized spacial score (nSPS) is 26.8. The van der Waals surface area contributed by atoms with E-state index >= 15 is 0 Å². The third kappa shape index (κ3) is 2.56. The Balaban J connectivity index is 1.53. The van der Waals surface area contributed by atoms with E-state index in [-0.39, 0.29) is 28.6 Å². The Morgan fingerprint density at radius 1 is 1.43 bits per heavy atom. The standard InChI is InChI=1S/C19H22N4O5/c1-18(2)11-6-7-19(18,3)15(8-11)20-21-16(24)10-22-13-5-4-12(23(26)27)9-14(13)28-17(22)25/h4-5,9,11H,6-8,10H2,1-3H3,(H,21,24)/b20-15+/t11-,19+/m0/s1. The van der Waals surface area contributed by atoms with Crippen molar-refractivity contribution < 1.29 is 14.1 Å². The highest BCUT2D eigenvalue weighted by Gasteiger charge is 2.60. The average Bonchev–Trinajstić information content (AvgIpc) is 3.13. The van der Waals surface area contributed by atoms with Gasteiger partial charge in [-0.25, -0.2) is 10.2 Å². The number of fused-ring (bicyclic) bond motifs is 3. The van der Waals surface area contributed by atoms with Crippen molar-refractivity contribution in [1.29, 1.82) is 0 Å². The fourth-order valence-electron chi connectivity index (χ4n) is 4.72. The van der Waals surface area contributed by atoms with Gasteiger partial charge in [-0.2, -0.15) is 5.10 Å². The third-order valence-electron chi connectivity index (χ3n) is 6.99. The number of carbonyl (C=O) groups is 1. The fourth-order valence-corrected chi connectivity index (χ4v) is 4.72. The summed E-state index contributed by atoms with van der Waals surface area (Å²) in [6.07, 6.45) is 3.12. The molecule has 0 unspecified atom stereocenters. The molecule has 2 fully saturated rings. The van der Waals surface area contributed by atoms with Gasteiger partial charge in [-0.15, -0.1) is 0 Å². The number of hydrazone groups is 1. The van der Waals surface area contributed by atoms with Crippen molar-refractivity contribution in [3.8, 4) is 0 Å². The molecule has 2 bridgehead atoms. The SMILES string of the molecule is CC1(C)[C@H]2CC[C@]1(C)/C(=N/NC(=O)Cn1c(=O)oc3cc([N+](=O)[O-])ccc31)C2. The second kappa shape index (κ2) is 6.02. The van der Waals surface area contributed by atoms with Crippen LogP contribution in [0.5, 0.6) is 0 Å². The van der Waals surface area contributed by atoms with Gasteiger partial charge in [-0.3, -0.25) is 19.5 Å². The van der Waals surface area contributed by atoms with Crippen molar-refractivity contribution in [2.75, 3.05) is 0 Å². The van der Waals surface area contributed by atoms with Crippen LogP contribution in [0.4, 0.5) is 5.69 Å². The molecule has 2 atom stereocenters. The number of nitro groups is 1. The molecule has 28 heavy (non-hydrogen) atoms. The molecule has 4 rings (SSSR count). The number of benzene rings is 1. The van der Waals surface area contributed by atoms with E-state index in [1.54, 1.807) is 0 Å². The fraction of sp³-hybridized carbons (Fsp3) is 0.526. The van der Waals surface area contributed by atoms with Crippen LogP contribution in [0.25, 0.3) is 11.1 Å². The molecule has 148 valence electrons. The van der Waals surface area contributed by atoms with Gasteiger partial charge in [0.1, 0.15) is 6.54 Å². The molecule has 1 amide bonds. The molecule has 1 N–H and O–H groups in total. The highest BCUT2D eigenvalue weighted by molar-refractivity contribution is 5.95. The van der Waals surface area contributed by atoms with Crippen LogP contribution in [-0.4, -0.2) is 21.1 Å². The lowest BCUT2D eigenvalue weighted by molar-refractivity contribution is -0.384. The van der Waals surface area contributed by atoms with E-state index in [4.69, 9.17) is 4.42 Å². The summed E-state index contributed by atoms with van der Waals surface area (Å²) < 4.78 is 6.18. The first-order valence-corrected chi connectivity index (χ1v) is 9.27. The van der Waals surface area contributed by atoms with Crippen LogP contribution in [-0.2, 0) is 11.3 Å². The Hall–Kier alpha value is -2.97. The van der Waals surface area contributed by atoms with Crippen LogP contribution in [0, 0.1) is 26.9 Å². The number of carbonyl (C=O) groups excluding carboxylic acids is 1. The van der Waals surface area contributed by atoms with Gasteiger partial charge >= 0.3 is 5.76 Å². The molecule has 9 nitrogen and oxygen atoms in total. The predicted molar refractivity (Wildman–Crippen MR) is 102 cm³/mol. The summed E-state index contributed by atoms with van der Waals surface area (Å²) in [5, 5.41) is 15.2. The van der Waals surface area contributed by atoms with E-state index in [9.17, 15) is 19.7 Å². The second-order valence-corrected chi connectivity index (χ2v) is 8.45. The number of non-ortho nitro benzene ring substituents is 1. The number of nitro benzene ring substituents is 1. The Kier molecular flexibility index (Phi) is 3.95. The minimum atomic E-state index is -0.744. The van der Waals surface area contributed by atoms with Gasteiger partial charge < -0.3 is 4.42 Å². The number of hydrogen-bond donors (Lipinski definition) is 1. The van der Waals surface area contributed by atoms with E-state index in [0.717, 1.165) is 23.1 Å². The van der Waals surface area contributed by atoms with Crippen LogP contribution in [0.3, 0.4) is 0 Å². The van der Waals surface area contributed by atoms with Crippen molar-refractivity contribution in [1.82, 2.24) is 9.99 Å². The van der Waals surface area contributed by atoms with Crippen LogP contribution in [0.15, 0.2) is 32.5 Å². The Morgan fingerprint density at radius 3 is 2.79 bits per heavy atom. The number of amides is 1. The Bertz CT molecular complexity index is 1080. The molecule has 0 saturated heterocycles. The zero-order chi connectivity index (χ0) is 20.3. The first-order chi connectivity index (χ1) is 13.1. The molecule has 1 aromatic heterocycles. The van der Waals surface area contributed by atoms with Gasteiger partial charge in [0.05, 0.1) is 16.5 Å². The minimum Gasteiger partial charge on any atom is -0.407 e. The number of hydrogen-bond acceptors (Lipinski definition) is 6. The van der Waals surface area contributed by atoms with Crippen molar-refractivity contribution in [2.45, 2.75) is 46.6 Å². The highest BCUT2D eigenvalue weighted by Crippen LogP contribution is 2.63. The molecule has 2 saturated carbocycles. The molecular formula is C19H22N4O5. The molecule has 2 aliphatic rings. The molecule has 0 radical (unpaired) electrons. The molecule has 9 heteroatoms. The maximum Gasteiger partial charge on any atom is 0.420 e. The van der Waals surface area contributed by atoms with E-state index in [1.807, 2.05) is 0 Å².